The van der Waals surface area contributed by atoms with E-state index in [1.807, 2.05) is 26.8 Å². The Morgan fingerprint density at radius 2 is 2.12 bits per heavy atom. The first-order valence-corrected chi connectivity index (χ1v) is 9.12. The van der Waals surface area contributed by atoms with Crippen LogP contribution in [-0.4, -0.2) is 30.7 Å². The van der Waals surface area contributed by atoms with Crippen molar-refractivity contribution in [2.45, 2.75) is 64.6 Å². The minimum Gasteiger partial charge on any atom is -0.493 e. The first-order valence-electron chi connectivity index (χ1n) is 9.12. The van der Waals surface area contributed by atoms with E-state index in [1.54, 1.807) is 7.11 Å². The van der Waals surface area contributed by atoms with E-state index in [-0.39, 0.29) is 17.9 Å². The zero-order valence-electron chi connectivity index (χ0n) is 15.9. The van der Waals surface area contributed by atoms with Crippen LogP contribution in [0.2, 0.25) is 0 Å². The van der Waals surface area contributed by atoms with Gasteiger partial charge in [0, 0.05) is 23.8 Å². The summed E-state index contributed by atoms with van der Waals surface area (Å²) in [7, 11) is 1.59. The number of aryl methyl sites for hydroxylation is 1. The van der Waals surface area contributed by atoms with Gasteiger partial charge in [0.15, 0.2) is 11.5 Å². The van der Waals surface area contributed by atoms with Crippen LogP contribution in [0.5, 0.6) is 11.5 Å². The summed E-state index contributed by atoms with van der Waals surface area (Å²) in [6.45, 7) is 7.51. The number of carbonyl (C=O) groups is 1. The SMILES string of the molecule is COc1cc(C)c2c(c1OC(=O)OC(C)(C)C)[C@@H]1CCC3=NO[C@H](C2)[C@@H]31. The van der Waals surface area contributed by atoms with Crippen LogP contribution in [0.1, 0.15) is 56.2 Å². The summed E-state index contributed by atoms with van der Waals surface area (Å²) in [5.41, 5.74) is 3.87. The number of methoxy groups -OCH3 is 1. The summed E-state index contributed by atoms with van der Waals surface area (Å²) in [6.07, 6.45) is 2.05. The molecule has 3 atom stereocenters. The van der Waals surface area contributed by atoms with Crippen LogP contribution in [-0.2, 0) is 16.0 Å². The fraction of sp³-hybridized carbons (Fsp3) is 0.600. The Morgan fingerprint density at radius 1 is 1.35 bits per heavy atom. The molecule has 1 saturated carbocycles. The lowest BCUT2D eigenvalue weighted by molar-refractivity contribution is 0.0192. The van der Waals surface area contributed by atoms with Crippen molar-refractivity contribution < 1.29 is 23.8 Å². The van der Waals surface area contributed by atoms with E-state index in [0.29, 0.717) is 11.5 Å². The van der Waals surface area contributed by atoms with Crippen LogP contribution >= 0.6 is 0 Å². The van der Waals surface area contributed by atoms with Gasteiger partial charge in [0.05, 0.1) is 12.8 Å². The maximum atomic E-state index is 12.4. The summed E-state index contributed by atoms with van der Waals surface area (Å²) in [5.74, 6) is 1.56. The van der Waals surface area contributed by atoms with Crippen molar-refractivity contribution >= 4 is 11.9 Å². The fourth-order valence-corrected chi connectivity index (χ4v) is 4.46. The monoisotopic (exact) mass is 359 g/mol. The largest absolute Gasteiger partial charge is 0.514 e. The highest BCUT2D eigenvalue weighted by molar-refractivity contribution is 5.92. The molecule has 4 rings (SSSR count). The number of rotatable bonds is 2. The zero-order chi connectivity index (χ0) is 18.6. The number of hydrogen-bond donors (Lipinski definition) is 0. The zero-order valence-corrected chi connectivity index (χ0v) is 15.9. The number of nitrogens with zero attached hydrogens (tertiary/aromatic N) is 1. The highest BCUT2D eigenvalue weighted by Crippen LogP contribution is 2.54. The van der Waals surface area contributed by atoms with E-state index in [2.05, 4.69) is 12.1 Å². The van der Waals surface area contributed by atoms with Gasteiger partial charge in [-0.25, -0.2) is 4.79 Å². The lowest BCUT2D eigenvalue weighted by atomic mass is 9.73. The van der Waals surface area contributed by atoms with Gasteiger partial charge >= 0.3 is 6.16 Å². The standard InChI is InChI=1S/C20H25NO5/c1-10-8-15(23-5)18(24-19(22)25-20(2,3)4)16-11-6-7-13-17(11)14(26-21-13)9-12(10)16/h8,11,14,17H,6-7,9H2,1-5H3/t11-,14+,17+/m0/s1. The van der Waals surface area contributed by atoms with E-state index in [9.17, 15) is 4.79 Å². The average Bonchev–Trinajstić information content (AvgIpc) is 3.15. The van der Waals surface area contributed by atoms with Crippen molar-refractivity contribution in [1.82, 2.24) is 0 Å². The molecule has 0 N–H and O–H groups in total. The Hall–Kier alpha value is -2.24. The number of ether oxygens (including phenoxy) is 3. The molecule has 1 aromatic rings. The van der Waals surface area contributed by atoms with Crippen LogP contribution in [0.25, 0.3) is 0 Å². The predicted octanol–water partition coefficient (Wildman–Crippen LogP) is 4.12. The Balaban J connectivity index is 1.78. The van der Waals surface area contributed by atoms with Gasteiger partial charge in [0.1, 0.15) is 11.7 Å². The quantitative estimate of drug-likeness (QED) is 0.587. The molecule has 0 spiro atoms. The van der Waals surface area contributed by atoms with Gasteiger partial charge in [0.25, 0.3) is 0 Å². The third-order valence-corrected chi connectivity index (χ3v) is 5.42. The molecule has 0 unspecified atom stereocenters. The maximum Gasteiger partial charge on any atom is 0.514 e. The lowest BCUT2D eigenvalue weighted by Crippen LogP contribution is -2.33. The number of carbonyl (C=O) groups excluding carboxylic acids is 1. The summed E-state index contributed by atoms with van der Waals surface area (Å²) in [5, 5.41) is 4.29. The van der Waals surface area contributed by atoms with Crippen molar-refractivity contribution in [3.63, 3.8) is 0 Å². The molecule has 1 aliphatic heterocycles. The molecule has 140 valence electrons. The van der Waals surface area contributed by atoms with Gasteiger partial charge in [0.2, 0.25) is 0 Å². The summed E-state index contributed by atoms with van der Waals surface area (Å²) >= 11 is 0. The second-order valence-corrected chi connectivity index (χ2v) is 8.29. The molecule has 6 nitrogen and oxygen atoms in total. The lowest BCUT2D eigenvalue weighted by Gasteiger charge is -2.33. The smallest absolute Gasteiger partial charge is 0.493 e. The van der Waals surface area contributed by atoms with E-state index < -0.39 is 11.8 Å². The molecule has 1 fully saturated rings. The summed E-state index contributed by atoms with van der Waals surface area (Å²) in [6, 6.07) is 1.92. The molecule has 6 heteroatoms. The summed E-state index contributed by atoms with van der Waals surface area (Å²) < 4.78 is 16.6. The Labute approximate surface area is 153 Å². The molecule has 0 saturated heterocycles. The van der Waals surface area contributed by atoms with E-state index in [4.69, 9.17) is 19.0 Å². The number of benzene rings is 1. The van der Waals surface area contributed by atoms with Gasteiger partial charge < -0.3 is 19.0 Å². The minimum atomic E-state index is -0.710. The second kappa shape index (κ2) is 5.89. The topological polar surface area (TPSA) is 66.4 Å². The molecule has 1 aromatic carbocycles. The van der Waals surface area contributed by atoms with Crippen LogP contribution in [0, 0.1) is 12.8 Å². The molecule has 26 heavy (non-hydrogen) atoms. The highest BCUT2D eigenvalue weighted by atomic mass is 16.7. The number of oxime groups is 1. The fourth-order valence-electron chi connectivity index (χ4n) is 4.46. The molecular formula is C20H25NO5. The number of hydrogen-bond acceptors (Lipinski definition) is 6. The van der Waals surface area contributed by atoms with Crippen LogP contribution in [0.3, 0.4) is 0 Å². The highest BCUT2D eigenvalue weighted by Gasteiger charge is 2.50. The average molecular weight is 359 g/mol. The Bertz CT molecular complexity index is 792. The minimum absolute atomic E-state index is 0.0893. The van der Waals surface area contributed by atoms with Gasteiger partial charge in [-0.15, -0.1) is 0 Å². The third kappa shape index (κ3) is 2.72. The molecule has 1 heterocycles. The van der Waals surface area contributed by atoms with Gasteiger partial charge in [-0.1, -0.05) is 5.16 Å². The third-order valence-electron chi connectivity index (χ3n) is 5.42. The molecule has 0 bridgehead atoms. The molecular weight excluding hydrogens is 334 g/mol. The van der Waals surface area contributed by atoms with Crippen molar-refractivity contribution in [3.8, 4) is 11.5 Å². The molecule has 0 amide bonds. The van der Waals surface area contributed by atoms with Crippen molar-refractivity contribution in [2.24, 2.45) is 11.1 Å². The molecule has 2 aliphatic carbocycles. The van der Waals surface area contributed by atoms with Crippen molar-refractivity contribution in [2.75, 3.05) is 7.11 Å². The molecule has 0 aromatic heterocycles. The predicted molar refractivity (Wildman–Crippen MR) is 96.1 cm³/mol. The van der Waals surface area contributed by atoms with E-state index in [1.165, 1.54) is 5.56 Å². The Morgan fingerprint density at radius 3 is 2.81 bits per heavy atom. The summed E-state index contributed by atoms with van der Waals surface area (Å²) in [4.78, 5) is 18.0. The second-order valence-electron chi connectivity index (χ2n) is 8.29. The molecule has 3 aliphatic rings. The Kier molecular flexibility index (Phi) is 3.90. The van der Waals surface area contributed by atoms with E-state index in [0.717, 1.165) is 36.1 Å². The van der Waals surface area contributed by atoms with E-state index >= 15 is 0 Å². The first kappa shape index (κ1) is 17.2. The van der Waals surface area contributed by atoms with Crippen molar-refractivity contribution in [3.05, 3.63) is 22.8 Å². The van der Waals surface area contributed by atoms with Gasteiger partial charge in [-0.2, -0.15) is 0 Å². The van der Waals surface area contributed by atoms with Crippen LogP contribution < -0.4 is 9.47 Å². The van der Waals surface area contributed by atoms with Gasteiger partial charge in [-0.05, 0) is 57.7 Å². The van der Waals surface area contributed by atoms with Crippen LogP contribution in [0.15, 0.2) is 11.2 Å². The van der Waals surface area contributed by atoms with Crippen LogP contribution in [0.4, 0.5) is 4.79 Å². The first-order chi connectivity index (χ1) is 12.3. The normalized spacial score (nSPS) is 25.7. The number of fused-ring (bicyclic) bond motifs is 2. The van der Waals surface area contributed by atoms with Crippen molar-refractivity contribution in [1.29, 1.82) is 0 Å². The maximum absolute atomic E-state index is 12.4. The molecule has 0 radical (unpaired) electrons. The van der Waals surface area contributed by atoms with Gasteiger partial charge in [-0.3, -0.25) is 0 Å².